The fourth-order valence-corrected chi connectivity index (χ4v) is 1.89. The van der Waals surface area contributed by atoms with Crippen LogP contribution in [0.2, 0.25) is 0 Å². The van der Waals surface area contributed by atoms with Gasteiger partial charge in [-0.3, -0.25) is 4.79 Å². The van der Waals surface area contributed by atoms with Crippen molar-refractivity contribution in [1.82, 2.24) is 0 Å². The number of benzene rings is 1. The molecule has 0 atom stereocenters. The summed E-state index contributed by atoms with van der Waals surface area (Å²) < 4.78 is 6.36. The maximum absolute atomic E-state index is 11.8. The molecule has 0 radical (unpaired) electrons. The van der Waals surface area contributed by atoms with Crippen LogP contribution in [0.4, 0.5) is 0 Å². The van der Waals surface area contributed by atoms with Gasteiger partial charge in [-0.2, -0.15) is 0 Å². The van der Waals surface area contributed by atoms with E-state index >= 15 is 0 Å². The van der Waals surface area contributed by atoms with Crippen LogP contribution < -0.4 is 0 Å². The molecule has 1 aliphatic rings. The van der Waals surface area contributed by atoms with Gasteiger partial charge in [-0.05, 0) is 36.6 Å². The van der Waals surface area contributed by atoms with E-state index in [4.69, 9.17) is 4.74 Å². The van der Waals surface area contributed by atoms with Crippen LogP contribution >= 0.6 is 15.9 Å². The van der Waals surface area contributed by atoms with Crippen LogP contribution in [0.15, 0.2) is 40.6 Å². The van der Waals surface area contributed by atoms with Gasteiger partial charge in [0.2, 0.25) is 5.78 Å². The number of carbonyl (C=O) groups excluding carboxylic acids is 1. The third-order valence-corrected chi connectivity index (χ3v) is 3.02. The van der Waals surface area contributed by atoms with Crippen LogP contribution in [0, 0.1) is 0 Å². The molecule has 1 heterocycles. The quantitative estimate of drug-likeness (QED) is 0.850. The zero-order valence-corrected chi connectivity index (χ0v) is 10.5. The number of allylic oxidation sites excluding steroid dienone is 2. The van der Waals surface area contributed by atoms with Gasteiger partial charge in [-0.1, -0.05) is 28.1 Å². The lowest BCUT2D eigenvalue weighted by atomic mass is 10.1. The first-order valence-corrected chi connectivity index (χ1v) is 6.15. The van der Waals surface area contributed by atoms with Crippen molar-refractivity contribution in [2.75, 3.05) is 6.61 Å². The SMILES string of the molecule is O=C(Cc1ccc(Br)cc1)C1=CCCCO1. The van der Waals surface area contributed by atoms with E-state index in [9.17, 15) is 4.79 Å². The Morgan fingerprint density at radius 3 is 2.69 bits per heavy atom. The van der Waals surface area contributed by atoms with Crippen molar-refractivity contribution in [3.63, 3.8) is 0 Å². The number of ether oxygens (including phenoxy) is 1. The second kappa shape index (κ2) is 5.30. The average molecular weight is 281 g/mol. The summed E-state index contributed by atoms with van der Waals surface area (Å²) in [6.45, 7) is 0.665. The van der Waals surface area contributed by atoms with E-state index in [0.717, 1.165) is 22.9 Å². The largest absolute Gasteiger partial charge is 0.490 e. The highest BCUT2D eigenvalue weighted by molar-refractivity contribution is 9.10. The summed E-state index contributed by atoms with van der Waals surface area (Å²) >= 11 is 3.37. The second-order valence-corrected chi connectivity index (χ2v) is 4.70. The summed E-state index contributed by atoms with van der Waals surface area (Å²) in [6, 6.07) is 7.79. The topological polar surface area (TPSA) is 26.3 Å². The van der Waals surface area contributed by atoms with Gasteiger partial charge in [0, 0.05) is 10.9 Å². The third kappa shape index (κ3) is 2.95. The molecule has 0 amide bonds. The normalized spacial score (nSPS) is 15.2. The Kier molecular flexibility index (Phi) is 3.78. The summed E-state index contributed by atoms with van der Waals surface area (Å²) in [5, 5.41) is 0. The predicted octanol–water partition coefficient (Wildman–Crippen LogP) is 3.26. The highest BCUT2D eigenvalue weighted by Crippen LogP contribution is 2.15. The van der Waals surface area contributed by atoms with Gasteiger partial charge in [0.15, 0.2) is 5.76 Å². The Balaban J connectivity index is 2.01. The Labute approximate surface area is 103 Å². The summed E-state index contributed by atoms with van der Waals surface area (Å²) in [7, 11) is 0. The molecule has 0 saturated carbocycles. The van der Waals surface area contributed by atoms with Gasteiger partial charge in [0.1, 0.15) is 0 Å². The maximum atomic E-state index is 11.8. The number of rotatable bonds is 3. The van der Waals surface area contributed by atoms with Crippen LogP contribution in [0.3, 0.4) is 0 Å². The monoisotopic (exact) mass is 280 g/mol. The molecule has 0 saturated heterocycles. The molecule has 1 aliphatic heterocycles. The number of halogens is 1. The van der Waals surface area contributed by atoms with Gasteiger partial charge in [0.05, 0.1) is 6.61 Å². The molecule has 0 aromatic heterocycles. The Morgan fingerprint density at radius 2 is 2.06 bits per heavy atom. The van der Waals surface area contributed by atoms with E-state index in [2.05, 4.69) is 15.9 Å². The molecule has 2 nitrogen and oxygen atoms in total. The molecule has 0 spiro atoms. The smallest absolute Gasteiger partial charge is 0.201 e. The van der Waals surface area contributed by atoms with E-state index < -0.39 is 0 Å². The van der Waals surface area contributed by atoms with Crippen LogP contribution in [-0.4, -0.2) is 12.4 Å². The average Bonchev–Trinajstić information content (AvgIpc) is 2.33. The number of hydrogen-bond acceptors (Lipinski definition) is 2. The minimum absolute atomic E-state index is 0.0713. The van der Waals surface area contributed by atoms with Crippen molar-refractivity contribution in [2.24, 2.45) is 0 Å². The molecule has 2 rings (SSSR count). The Hall–Kier alpha value is -1.09. The molecule has 0 aliphatic carbocycles. The lowest BCUT2D eigenvalue weighted by Gasteiger charge is -2.13. The molecule has 84 valence electrons. The van der Waals surface area contributed by atoms with Gasteiger partial charge < -0.3 is 4.74 Å². The van der Waals surface area contributed by atoms with Gasteiger partial charge in [-0.15, -0.1) is 0 Å². The summed E-state index contributed by atoms with van der Waals surface area (Å²) in [4.78, 5) is 11.8. The first-order valence-electron chi connectivity index (χ1n) is 5.36. The highest BCUT2D eigenvalue weighted by atomic mass is 79.9. The van der Waals surface area contributed by atoms with E-state index in [1.165, 1.54) is 0 Å². The maximum Gasteiger partial charge on any atom is 0.201 e. The molecule has 0 unspecified atom stereocenters. The number of carbonyl (C=O) groups is 1. The lowest BCUT2D eigenvalue weighted by Crippen LogP contribution is -2.13. The number of ketones is 1. The van der Waals surface area contributed by atoms with Crippen LogP contribution in [0.25, 0.3) is 0 Å². The molecule has 0 N–H and O–H groups in total. The van der Waals surface area contributed by atoms with Crippen LogP contribution in [0.1, 0.15) is 18.4 Å². The van der Waals surface area contributed by atoms with E-state index in [1.807, 2.05) is 30.3 Å². The van der Waals surface area contributed by atoms with Gasteiger partial charge in [-0.25, -0.2) is 0 Å². The van der Waals surface area contributed by atoms with Crippen LogP contribution in [0.5, 0.6) is 0 Å². The summed E-state index contributed by atoms with van der Waals surface area (Å²) in [5.74, 6) is 0.608. The summed E-state index contributed by atoms with van der Waals surface area (Å²) in [6.07, 6.45) is 4.26. The zero-order chi connectivity index (χ0) is 11.4. The first-order chi connectivity index (χ1) is 7.75. The molecule has 0 bridgehead atoms. The lowest BCUT2D eigenvalue weighted by molar-refractivity contribution is -0.118. The van der Waals surface area contributed by atoms with E-state index in [1.54, 1.807) is 0 Å². The van der Waals surface area contributed by atoms with Crippen molar-refractivity contribution in [3.05, 3.63) is 46.1 Å². The predicted molar refractivity (Wildman–Crippen MR) is 66.1 cm³/mol. The molecule has 1 aromatic carbocycles. The second-order valence-electron chi connectivity index (χ2n) is 3.79. The fourth-order valence-electron chi connectivity index (χ4n) is 1.63. The standard InChI is InChI=1S/C13H13BrO2/c14-11-6-4-10(5-7-11)9-12(15)13-3-1-2-8-16-13/h3-7H,1-2,8-9H2. The van der Waals surface area contributed by atoms with Crippen molar-refractivity contribution in [3.8, 4) is 0 Å². The van der Waals surface area contributed by atoms with E-state index in [0.29, 0.717) is 18.8 Å². The van der Waals surface area contributed by atoms with Crippen molar-refractivity contribution >= 4 is 21.7 Å². The summed E-state index contributed by atoms with van der Waals surface area (Å²) in [5.41, 5.74) is 1.02. The number of hydrogen-bond donors (Lipinski definition) is 0. The minimum Gasteiger partial charge on any atom is -0.490 e. The minimum atomic E-state index is 0.0713. The number of Topliss-reactive ketones (excluding diaryl/α,β-unsaturated/α-hetero) is 1. The highest BCUT2D eigenvalue weighted by Gasteiger charge is 2.14. The van der Waals surface area contributed by atoms with Gasteiger partial charge in [0.25, 0.3) is 0 Å². The third-order valence-electron chi connectivity index (χ3n) is 2.49. The zero-order valence-electron chi connectivity index (χ0n) is 8.91. The molecule has 1 aromatic rings. The molecule has 0 fully saturated rings. The van der Waals surface area contributed by atoms with E-state index in [-0.39, 0.29) is 5.78 Å². The van der Waals surface area contributed by atoms with Crippen molar-refractivity contribution < 1.29 is 9.53 Å². The Morgan fingerprint density at radius 1 is 1.31 bits per heavy atom. The van der Waals surface area contributed by atoms with Crippen LogP contribution in [-0.2, 0) is 16.0 Å². The van der Waals surface area contributed by atoms with Crippen molar-refractivity contribution in [1.29, 1.82) is 0 Å². The molecular weight excluding hydrogens is 268 g/mol. The molecular formula is C13H13BrO2. The molecule has 3 heteroatoms. The van der Waals surface area contributed by atoms with Gasteiger partial charge >= 0.3 is 0 Å². The molecule has 16 heavy (non-hydrogen) atoms. The fraction of sp³-hybridized carbons (Fsp3) is 0.308. The first kappa shape index (κ1) is 11.4. The Bertz CT molecular complexity index is 406. The van der Waals surface area contributed by atoms with Crippen molar-refractivity contribution in [2.45, 2.75) is 19.3 Å².